The Hall–Kier alpha value is -2.20. The van der Waals surface area contributed by atoms with Gasteiger partial charge in [0.15, 0.2) is 6.10 Å². The number of ether oxygens (including phenoxy) is 2. The van der Waals surface area contributed by atoms with Crippen LogP contribution in [0.3, 0.4) is 0 Å². The summed E-state index contributed by atoms with van der Waals surface area (Å²) in [6, 6.07) is 14.9. The fourth-order valence-corrected chi connectivity index (χ4v) is 3.82. The third-order valence-electron chi connectivity index (χ3n) is 5.56. The molecule has 0 spiro atoms. The Morgan fingerprint density at radius 3 is 2.50 bits per heavy atom. The van der Waals surface area contributed by atoms with E-state index in [1.807, 2.05) is 31.2 Å². The van der Waals surface area contributed by atoms with Gasteiger partial charge >= 0.3 is 0 Å². The minimum atomic E-state index is -0.561. The van der Waals surface area contributed by atoms with Crippen molar-refractivity contribution in [3.05, 3.63) is 59.1 Å². The van der Waals surface area contributed by atoms with E-state index in [0.29, 0.717) is 17.2 Å². The molecule has 0 aliphatic carbocycles. The van der Waals surface area contributed by atoms with Crippen molar-refractivity contribution in [2.24, 2.45) is 0 Å². The SMILES string of the molecule is CC[C@H](Oc1ccc(Cl)cc1)C(=O)N[C@H]1CC(CC)(CC)Oc2ccccc21. The van der Waals surface area contributed by atoms with Gasteiger partial charge in [-0.2, -0.15) is 0 Å². The van der Waals surface area contributed by atoms with Crippen LogP contribution in [0.2, 0.25) is 5.02 Å². The van der Waals surface area contributed by atoms with Crippen LogP contribution in [0.4, 0.5) is 0 Å². The largest absolute Gasteiger partial charge is 0.487 e. The summed E-state index contributed by atoms with van der Waals surface area (Å²) in [5, 5.41) is 3.85. The third kappa shape index (κ3) is 4.44. The molecule has 1 aliphatic heterocycles. The molecule has 150 valence electrons. The predicted octanol–water partition coefficient (Wildman–Crippen LogP) is 5.70. The van der Waals surface area contributed by atoms with Crippen LogP contribution < -0.4 is 14.8 Å². The molecule has 0 fully saturated rings. The molecule has 0 bridgehead atoms. The van der Waals surface area contributed by atoms with Crippen LogP contribution in [0.25, 0.3) is 0 Å². The number of amides is 1. The maximum absolute atomic E-state index is 13.0. The molecule has 0 radical (unpaired) electrons. The van der Waals surface area contributed by atoms with Crippen LogP contribution in [0.15, 0.2) is 48.5 Å². The Morgan fingerprint density at radius 2 is 1.86 bits per heavy atom. The smallest absolute Gasteiger partial charge is 0.261 e. The number of fused-ring (bicyclic) bond motifs is 1. The van der Waals surface area contributed by atoms with Crippen molar-refractivity contribution < 1.29 is 14.3 Å². The first kappa shape index (κ1) is 20.5. The minimum Gasteiger partial charge on any atom is -0.487 e. The number of halogens is 1. The Morgan fingerprint density at radius 1 is 1.18 bits per heavy atom. The lowest BCUT2D eigenvalue weighted by atomic mass is 9.83. The molecule has 5 heteroatoms. The molecule has 0 saturated carbocycles. The summed E-state index contributed by atoms with van der Waals surface area (Å²) in [5.74, 6) is 1.38. The summed E-state index contributed by atoms with van der Waals surface area (Å²) in [6.07, 6.45) is 2.55. The van der Waals surface area contributed by atoms with Gasteiger partial charge in [-0.15, -0.1) is 0 Å². The first-order valence-electron chi connectivity index (χ1n) is 10.0. The molecule has 0 unspecified atom stereocenters. The molecule has 0 saturated heterocycles. The summed E-state index contributed by atoms with van der Waals surface area (Å²) < 4.78 is 12.2. The van der Waals surface area contributed by atoms with Crippen molar-refractivity contribution in [1.29, 1.82) is 0 Å². The Balaban J connectivity index is 1.78. The van der Waals surface area contributed by atoms with Crippen LogP contribution >= 0.6 is 11.6 Å². The zero-order valence-corrected chi connectivity index (χ0v) is 17.5. The van der Waals surface area contributed by atoms with Crippen molar-refractivity contribution in [3.8, 4) is 11.5 Å². The molecular formula is C23H28ClNO3. The van der Waals surface area contributed by atoms with Gasteiger partial charge in [0.25, 0.3) is 5.91 Å². The lowest BCUT2D eigenvalue weighted by Crippen LogP contribution is -2.47. The molecule has 3 rings (SSSR count). The van der Waals surface area contributed by atoms with Gasteiger partial charge in [0.1, 0.15) is 17.1 Å². The zero-order valence-electron chi connectivity index (χ0n) is 16.7. The fraction of sp³-hybridized carbons (Fsp3) is 0.435. The van der Waals surface area contributed by atoms with Gasteiger partial charge in [-0.05, 0) is 49.6 Å². The number of hydrogen-bond donors (Lipinski definition) is 1. The van der Waals surface area contributed by atoms with Crippen LogP contribution in [0, 0.1) is 0 Å². The molecule has 2 atom stereocenters. The van der Waals surface area contributed by atoms with E-state index < -0.39 is 6.10 Å². The number of carbonyl (C=O) groups is 1. The van der Waals surface area contributed by atoms with E-state index in [2.05, 4.69) is 19.2 Å². The maximum Gasteiger partial charge on any atom is 0.261 e. The third-order valence-corrected chi connectivity index (χ3v) is 5.81. The van der Waals surface area contributed by atoms with E-state index in [0.717, 1.165) is 30.6 Å². The van der Waals surface area contributed by atoms with Crippen LogP contribution in [0.5, 0.6) is 11.5 Å². The number of nitrogens with one attached hydrogen (secondary N) is 1. The predicted molar refractivity (Wildman–Crippen MR) is 112 cm³/mol. The molecule has 2 aromatic rings. The van der Waals surface area contributed by atoms with Crippen molar-refractivity contribution in [2.45, 2.75) is 64.2 Å². The summed E-state index contributed by atoms with van der Waals surface area (Å²) in [5.41, 5.74) is 0.764. The second kappa shape index (κ2) is 8.87. The summed E-state index contributed by atoms with van der Waals surface area (Å²) >= 11 is 5.93. The number of benzene rings is 2. The van der Waals surface area contributed by atoms with E-state index in [-0.39, 0.29) is 17.6 Å². The van der Waals surface area contributed by atoms with Crippen molar-refractivity contribution in [2.75, 3.05) is 0 Å². The average Bonchev–Trinajstić information content (AvgIpc) is 2.73. The van der Waals surface area contributed by atoms with Crippen molar-refractivity contribution >= 4 is 17.5 Å². The lowest BCUT2D eigenvalue weighted by molar-refractivity contribution is -0.129. The summed E-state index contributed by atoms with van der Waals surface area (Å²) in [6.45, 7) is 6.21. The Labute approximate surface area is 172 Å². The first-order valence-corrected chi connectivity index (χ1v) is 10.4. The normalized spacial score (nSPS) is 18.5. The zero-order chi connectivity index (χ0) is 20.1. The van der Waals surface area contributed by atoms with Gasteiger partial charge in [0.05, 0.1) is 6.04 Å². The number of rotatable bonds is 7. The van der Waals surface area contributed by atoms with Gasteiger partial charge in [-0.3, -0.25) is 4.79 Å². The Kier molecular flexibility index (Phi) is 6.50. The molecule has 1 amide bonds. The highest BCUT2D eigenvalue weighted by Gasteiger charge is 2.39. The van der Waals surface area contributed by atoms with E-state index >= 15 is 0 Å². The van der Waals surface area contributed by atoms with Crippen molar-refractivity contribution in [3.63, 3.8) is 0 Å². The number of carbonyl (C=O) groups excluding carboxylic acids is 1. The second-order valence-corrected chi connectivity index (χ2v) is 7.70. The molecule has 1 heterocycles. The van der Waals surface area contributed by atoms with E-state index in [1.165, 1.54) is 0 Å². The molecule has 1 N–H and O–H groups in total. The molecular weight excluding hydrogens is 374 g/mol. The maximum atomic E-state index is 13.0. The van der Waals surface area contributed by atoms with Gasteiger partial charge in [-0.25, -0.2) is 0 Å². The standard InChI is InChI=1S/C23H28ClNO3/c1-4-20(27-17-13-11-16(24)12-14-17)22(26)25-19-15-23(5-2,6-3)28-21-10-8-7-9-18(19)21/h7-14,19-20H,4-6,15H2,1-3H3,(H,25,26)/t19-,20-/m0/s1. The summed E-state index contributed by atoms with van der Waals surface area (Å²) in [4.78, 5) is 13.0. The molecule has 4 nitrogen and oxygen atoms in total. The van der Waals surface area contributed by atoms with E-state index in [9.17, 15) is 4.79 Å². The van der Waals surface area contributed by atoms with E-state index in [4.69, 9.17) is 21.1 Å². The van der Waals surface area contributed by atoms with Crippen molar-refractivity contribution in [1.82, 2.24) is 5.32 Å². The molecule has 0 aromatic heterocycles. The fourth-order valence-electron chi connectivity index (χ4n) is 3.69. The quantitative estimate of drug-likeness (QED) is 0.647. The van der Waals surface area contributed by atoms with Gasteiger partial charge < -0.3 is 14.8 Å². The average molecular weight is 402 g/mol. The van der Waals surface area contributed by atoms with Gasteiger partial charge in [0, 0.05) is 17.0 Å². The topological polar surface area (TPSA) is 47.6 Å². The first-order chi connectivity index (χ1) is 13.5. The Bertz CT molecular complexity index is 802. The highest BCUT2D eigenvalue weighted by Crippen LogP contribution is 2.42. The molecule has 2 aromatic carbocycles. The number of hydrogen-bond acceptors (Lipinski definition) is 3. The second-order valence-electron chi connectivity index (χ2n) is 7.26. The molecule has 28 heavy (non-hydrogen) atoms. The highest BCUT2D eigenvalue weighted by molar-refractivity contribution is 6.30. The van der Waals surface area contributed by atoms with Gasteiger partial charge in [-0.1, -0.05) is 50.6 Å². The van der Waals surface area contributed by atoms with Gasteiger partial charge in [0.2, 0.25) is 0 Å². The summed E-state index contributed by atoms with van der Waals surface area (Å²) in [7, 11) is 0. The molecule has 1 aliphatic rings. The van der Waals surface area contributed by atoms with E-state index in [1.54, 1.807) is 24.3 Å². The van der Waals surface area contributed by atoms with Crippen LogP contribution in [0.1, 0.15) is 58.1 Å². The van der Waals surface area contributed by atoms with Crippen LogP contribution in [-0.2, 0) is 4.79 Å². The highest BCUT2D eigenvalue weighted by atomic mass is 35.5. The number of para-hydroxylation sites is 1. The van der Waals surface area contributed by atoms with Crippen LogP contribution in [-0.4, -0.2) is 17.6 Å². The monoisotopic (exact) mass is 401 g/mol. The minimum absolute atomic E-state index is 0.0970. The lowest BCUT2D eigenvalue weighted by Gasteiger charge is -2.42.